The molecule has 0 aromatic carbocycles. The van der Waals surface area contributed by atoms with Gasteiger partial charge in [-0.3, -0.25) is 4.98 Å². The largest absolute Gasteiger partial charge is 0.507 e. The van der Waals surface area contributed by atoms with Gasteiger partial charge in [-0.25, -0.2) is 0 Å². The van der Waals surface area contributed by atoms with Crippen LogP contribution in [0.25, 0.3) is 0 Å². The normalized spacial score (nSPS) is 9.90. The van der Waals surface area contributed by atoms with E-state index < -0.39 is 0 Å². The minimum absolute atomic E-state index is 0.368. The Bertz CT molecular complexity index is 229. The van der Waals surface area contributed by atoms with E-state index in [1.54, 1.807) is 6.20 Å². The van der Waals surface area contributed by atoms with Crippen LogP contribution in [-0.2, 0) is 0 Å². The molecule has 0 saturated heterocycles. The summed E-state index contributed by atoms with van der Waals surface area (Å²) in [6.07, 6.45) is 1.68. The Morgan fingerprint density at radius 3 is 2.40 bits per heavy atom. The van der Waals surface area contributed by atoms with Gasteiger partial charge < -0.3 is 5.11 Å². The van der Waals surface area contributed by atoms with Crippen LogP contribution in [0.3, 0.4) is 0 Å². The molecule has 54 valence electrons. The third-order valence-corrected chi connectivity index (χ3v) is 1.72. The van der Waals surface area contributed by atoms with E-state index in [0.29, 0.717) is 5.75 Å². The van der Waals surface area contributed by atoms with Crippen LogP contribution in [-0.4, -0.2) is 10.1 Å². The lowest BCUT2D eigenvalue weighted by atomic mass is 10.1. The summed E-state index contributed by atoms with van der Waals surface area (Å²) in [6.45, 7) is 5.59. The molecule has 1 heterocycles. The highest BCUT2D eigenvalue weighted by Gasteiger charge is 2.01. The number of nitrogens with zero attached hydrogens (tertiary/aromatic N) is 1. The number of aromatic hydroxyl groups is 1. The molecule has 0 aliphatic rings. The molecule has 0 atom stereocenters. The lowest BCUT2D eigenvalue weighted by Crippen LogP contribution is -1.88. The highest BCUT2D eigenvalue weighted by Crippen LogP contribution is 2.21. The van der Waals surface area contributed by atoms with Crippen molar-refractivity contribution in [2.24, 2.45) is 0 Å². The molecule has 1 N–H and O–H groups in total. The smallest absolute Gasteiger partial charge is 0.124 e. The minimum atomic E-state index is 0.368. The molecule has 0 spiro atoms. The Labute approximate surface area is 60.5 Å². The average Bonchev–Trinajstić information content (AvgIpc) is 1.93. The van der Waals surface area contributed by atoms with Gasteiger partial charge in [0, 0.05) is 23.0 Å². The van der Waals surface area contributed by atoms with Gasteiger partial charge in [0.25, 0.3) is 0 Å². The number of hydrogen-bond acceptors (Lipinski definition) is 2. The van der Waals surface area contributed by atoms with E-state index in [4.69, 9.17) is 0 Å². The number of aryl methyl sites for hydroxylation is 2. The van der Waals surface area contributed by atoms with Crippen molar-refractivity contribution < 1.29 is 5.11 Å². The highest BCUT2D eigenvalue weighted by atomic mass is 16.3. The molecule has 0 unspecified atom stereocenters. The monoisotopic (exact) mass is 137 g/mol. The molecule has 0 amide bonds. The molecule has 1 rings (SSSR count). The fraction of sp³-hybridized carbons (Fsp3) is 0.375. The maximum absolute atomic E-state index is 9.35. The molecular weight excluding hydrogens is 126 g/mol. The second kappa shape index (κ2) is 2.29. The van der Waals surface area contributed by atoms with E-state index in [2.05, 4.69) is 4.98 Å². The first kappa shape index (κ1) is 7.06. The zero-order valence-corrected chi connectivity index (χ0v) is 6.47. The summed E-state index contributed by atoms with van der Waals surface area (Å²) >= 11 is 0. The summed E-state index contributed by atoms with van der Waals surface area (Å²) in [7, 11) is 0. The van der Waals surface area contributed by atoms with E-state index in [0.717, 1.165) is 16.8 Å². The van der Waals surface area contributed by atoms with Crippen molar-refractivity contribution in [3.05, 3.63) is 23.0 Å². The molecule has 0 saturated carbocycles. The summed E-state index contributed by atoms with van der Waals surface area (Å²) < 4.78 is 0. The second-order valence-electron chi connectivity index (χ2n) is 2.50. The standard InChI is InChI=1S/C8H11NO/c1-5-4-9-7(3)6(2)8(5)10/h4H,1-3H3,(H,9,10). The molecule has 10 heavy (non-hydrogen) atoms. The maximum atomic E-state index is 9.35. The third kappa shape index (κ3) is 0.967. The van der Waals surface area contributed by atoms with Crippen molar-refractivity contribution in [1.29, 1.82) is 0 Å². The fourth-order valence-corrected chi connectivity index (χ4v) is 0.819. The molecule has 0 fully saturated rings. The van der Waals surface area contributed by atoms with Gasteiger partial charge in [0.05, 0.1) is 0 Å². The zero-order valence-electron chi connectivity index (χ0n) is 6.47. The van der Waals surface area contributed by atoms with Crippen LogP contribution in [0.4, 0.5) is 0 Å². The first-order valence-corrected chi connectivity index (χ1v) is 3.24. The summed E-state index contributed by atoms with van der Waals surface area (Å²) in [5.74, 6) is 0.368. The van der Waals surface area contributed by atoms with Crippen molar-refractivity contribution >= 4 is 0 Å². The van der Waals surface area contributed by atoms with Crippen LogP contribution in [0.2, 0.25) is 0 Å². The number of pyridine rings is 1. The van der Waals surface area contributed by atoms with E-state index in [1.807, 2.05) is 20.8 Å². The molecule has 0 aliphatic carbocycles. The Balaban J connectivity index is 3.34. The molecule has 2 heteroatoms. The Morgan fingerprint density at radius 1 is 1.30 bits per heavy atom. The van der Waals surface area contributed by atoms with Crippen molar-refractivity contribution in [3.8, 4) is 5.75 Å². The third-order valence-electron chi connectivity index (χ3n) is 1.72. The van der Waals surface area contributed by atoms with Gasteiger partial charge in [-0.1, -0.05) is 0 Å². The van der Waals surface area contributed by atoms with Crippen LogP contribution in [0.5, 0.6) is 5.75 Å². The highest BCUT2D eigenvalue weighted by molar-refractivity contribution is 5.38. The Morgan fingerprint density at radius 2 is 1.90 bits per heavy atom. The summed E-state index contributed by atoms with van der Waals surface area (Å²) in [6, 6.07) is 0. The summed E-state index contributed by atoms with van der Waals surface area (Å²) in [4.78, 5) is 4.08. The van der Waals surface area contributed by atoms with E-state index in [9.17, 15) is 5.11 Å². The number of aromatic nitrogens is 1. The molecule has 0 radical (unpaired) electrons. The molecule has 1 aromatic rings. The molecule has 1 aromatic heterocycles. The lowest BCUT2D eigenvalue weighted by Gasteiger charge is -2.03. The zero-order chi connectivity index (χ0) is 7.72. The van der Waals surface area contributed by atoms with Crippen LogP contribution >= 0.6 is 0 Å². The Hall–Kier alpha value is -1.05. The van der Waals surface area contributed by atoms with E-state index >= 15 is 0 Å². The number of rotatable bonds is 0. The van der Waals surface area contributed by atoms with Crippen molar-refractivity contribution in [1.82, 2.24) is 4.98 Å². The molecular formula is C8H11NO. The van der Waals surface area contributed by atoms with Gasteiger partial charge in [0.2, 0.25) is 0 Å². The van der Waals surface area contributed by atoms with E-state index in [1.165, 1.54) is 0 Å². The maximum Gasteiger partial charge on any atom is 0.124 e. The Kier molecular flexibility index (Phi) is 1.62. The predicted octanol–water partition coefficient (Wildman–Crippen LogP) is 1.71. The fourth-order valence-electron chi connectivity index (χ4n) is 0.819. The van der Waals surface area contributed by atoms with E-state index in [-0.39, 0.29) is 0 Å². The van der Waals surface area contributed by atoms with Crippen LogP contribution in [0.1, 0.15) is 16.8 Å². The quantitative estimate of drug-likeness (QED) is 0.590. The van der Waals surface area contributed by atoms with Crippen molar-refractivity contribution in [3.63, 3.8) is 0 Å². The topological polar surface area (TPSA) is 33.1 Å². The average molecular weight is 137 g/mol. The lowest BCUT2D eigenvalue weighted by molar-refractivity contribution is 0.465. The SMILES string of the molecule is Cc1cnc(C)c(C)c1O. The summed E-state index contributed by atoms with van der Waals surface area (Å²) in [5, 5.41) is 9.35. The van der Waals surface area contributed by atoms with Gasteiger partial charge in [0.15, 0.2) is 0 Å². The molecule has 0 bridgehead atoms. The first-order chi connectivity index (χ1) is 4.63. The van der Waals surface area contributed by atoms with Crippen molar-refractivity contribution in [2.75, 3.05) is 0 Å². The summed E-state index contributed by atoms with van der Waals surface area (Å²) in [5.41, 5.74) is 2.60. The van der Waals surface area contributed by atoms with Gasteiger partial charge in [-0.2, -0.15) is 0 Å². The van der Waals surface area contributed by atoms with Gasteiger partial charge in [-0.15, -0.1) is 0 Å². The van der Waals surface area contributed by atoms with Gasteiger partial charge >= 0.3 is 0 Å². The molecule has 2 nitrogen and oxygen atoms in total. The van der Waals surface area contributed by atoms with Crippen LogP contribution in [0, 0.1) is 20.8 Å². The second-order valence-corrected chi connectivity index (χ2v) is 2.50. The van der Waals surface area contributed by atoms with Crippen LogP contribution in [0.15, 0.2) is 6.20 Å². The predicted molar refractivity (Wildman–Crippen MR) is 40.1 cm³/mol. The van der Waals surface area contributed by atoms with Gasteiger partial charge in [0.1, 0.15) is 5.75 Å². The van der Waals surface area contributed by atoms with Gasteiger partial charge in [-0.05, 0) is 20.8 Å². The minimum Gasteiger partial charge on any atom is -0.507 e. The first-order valence-electron chi connectivity index (χ1n) is 3.24. The molecule has 0 aliphatic heterocycles. The van der Waals surface area contributed by atoms with Crippen LogP contribution < -0.4 is 0 Å². The number of hydrogen-bond donors (Lipinski definition) is 1. The van der Waals surface area contributed by atoms with Crippen molar-refractivity contribution in [2.45, 2.75) is 20.8 Å².